The fourth-order valence-corrected chi connectivity index (χ4v) is 1.09. The van der Waals surface area contributed by atoms with E-state index in [2.05, 4.69) is 4.98 Å². The summed E-state index contributed by atoms with van der Waals surface area (Å²) in [7, 11) is -6.00. The van der Waals surface area contributed by atoms with E-state index < -0.39 is 7.25 Å². The third-order valence-electron chi connectivity index (χ3n) is 1.64. The normalized spacial score (nSPS) is 13.1. The highest BCUT2D eigenvalue weighted by atomic mass is 19.5. The monoisotopic (exact) mass is 250 g/mol. The summed E-state index contributed by atoms with van der Waals surface area (Å²) in [6, 6.07) is 5.02. The van der Waals surface area contributed by atoms with Crippen molar-refractivity contribution in [3.8, 4) is 11.5 Å². The lowest BCUT2D eigenvalue weighted by Crippen LogP contribution is -2.14. The van der Waals surface area contributed by atoms with Crippen LogP contribution in [-0.4, -0.2) is 20.5 Å². The van der Waals surface area contributed by atoms with Crippen LogP contribution >= 0.6 is 0 Å². The van der Waals surface area contributed by atoms with Crippen LogP contribution in [0.15, 0.2) is 18.2 Å². The van der Waals surface area contributed by atoms with Crippen molar-refractivity contribution >= 4 is 12.9 Å². The zero-order valence-corrected chi connectivity index (χ0v) is 8.45. The summed E-state index contributed by atoms with van der Waals surface area (Å²) in [6.45, 7) is 1.12. The van der Waals surface area contributed by atoms with Crippen LogP contribution in [0.25, 0.3) is 4.98 Å². The number of ether oxygens (including phenoxy) is 2. The average Bonchev–Trinajstić information content (AvgIpc) is 2.26. The Morgan fingerprint density at radius 2 is 1.59 bits per heavy atom. The van der Waals surface area contributed by atoms with Crippen molar-refractivity contribution in [2.24, 2.45) is 0 Å². The molecule has 9 heteroatoms. The fourth-order valence-electron chi connectivity index (χ4n) is 1.09. The van der Waals surface area contributed by atoms with Gasteiger partial charge in [-0.1, -0.05) is 0 Å². The molecule has 0 N–H and O–H groups in total. The van der Waals surface area contributed by atoms with Gasteiger partial charge in [-0.05, 0) is 6.07 Å². The van der Waals surface area contributed by atoms with Crippen molar-refractivity contribution in [3.05, 3.63) is 23.2 Å². The number of benzene rings is 1. The molecule has 0 bridgehead atoms. The van der Waals surface area contributed by atoms with Gasteiger partial charge in [0.15, 0.2) is 16.5 Å². The van der Waals surface area contributed by atoms with E-state index in [1.54, 1.807) is 18.2 Å². The van der Waals surface area contributed by atoms with Gasteiger partial charge in [0.05, 0.1) is 6.07 Å². The van der Waals surface area contributed by atoms with Crippen molar-refractivity contribution in [1.82, 2.24) is 0 Å². The maximum absolute atomic E-state index is 9.75. The lowest BCUT2D eigenvalue weighted by molar-refractivity contribution is 0.171. The third kappa shape index (κ3) is 5.06. The second kappa shape index (κ2) is 5.38. The predicted molar refractivity (Wildman–Crippen MR) is 52.4 cm³/mol. The predicted octanol–water partition coefficient (Wildman–Crippen LogP) is 3.24. The molecule has 92 valence electrons. The van der Waals surface area contributed by atoms with Gasteiger partial charge < -0.3 is 26.7 Å². The first-order valence-electron chi connectivity index (χ1n) is 4.52. The molecular formula is C8H7BF4N2O2. The summed E-state index contributed by atoms with van der Waals surface area (Å²) < 4.78 is 49.5. The molecule has 0 atom stereocenters. The third-order valence-corrected chi connectivity index (χ3v) is 1.64. The Kier molecular flexibility index (Phi) is 4.14. The van der Waals surface area contributed by atoms with Crippen LogP contribution in [-0.2, 0) is 0 Å². The molecule has 0 aliphatic carbocycles. The Morgan fingerprint density at radius 3 is 2.12 bits per heavy atom. The Balaban J connectivity index is 0.000000249. The van der Waals surface area contributed by atoms with Crippen molar-refractivity contribution in [1.29, 1.82) is 5.39 Å². The molecule has 1 aliphatic heterocycles. The quantitative estimate of drug-likeness (QED) is 0.403. The van der Waals surface area contributed by atoms with Gasteiger partial charge in [-0.25, -0.2) is 0 Å². The maximum Gasteiger partial charge on any atom is 0.673 e. The first-order chi connectivity index (χ1) is 7.90. The zero-order chi connectivity index (χ0) is 12.9. The van der Waals surface area contributed by atoms with Crippen LogP contribution in [0.3, 0.4) is 0 Å². The molecule has 0 amide bonds. The molecule has 2 rings (SSSR count). The highest BCUT2D eigenvalue weighted by Crippen LogP contribution is 2.33. The summed E-state index contributed by atoms with van der Waals surface area (Å²) in [5.41, 5.74) is 0.472. The van der Waals surface area contributed by atoms with Gasteiger partial charge in [-0.3, -0.25) is 0 Å². The van der Waals surface area contributed by atoms with E-state index in [0.29, 0.717) is 30.4 Å². The Bertz CT molecular complexity index is 427. The van der Waals surface area contributed by atoms with E-state index in [0.717, 1.165) is 0 Å². The van der Waals surface area contributed by atoms with Crippen LogP contribution < -0.4 is 9.47 Å². The number of rotatable bonds is 0. The number of hydrogen-bond acceptors (Lipinski definition) is 3. The lowest BCUT2D eigenvalue weighted by Gasteiger charge is -2.16. The summed E-state index contributed by atoms with van der Waals surface area (Å²) in [5.74, 6) is 1.34. The van der Waals surface area contributed by atoms with Crippen LogP contribution in [0.2, 0.25) is 0 Å². The van der Waals surface area contributed by atoms with E-state index in [1.807, 2.05) is 0 Å². The largest absolute Gasteiger partial charge is 0.673 e. The fraction of sp³-hybridized carbons (Fsp3) is 0.250. The summed E-state index contributed by atoms with van der Waals surface area (Å²) in [4.78, 5) is 3.04. The van der Waals surface area contributed by atoms with Crippen molar-refractivity contribution in [2.75, 3.05) is 13.2 Å². The molecule has 0 unspecified atom stereocenters. The van der Waals surface area contributed by atoms with Gasteiger partial charge >= 0.3 is 12.9 Å². The molecule has 0 saturated carbocycles. The molecule has 1 aromatic rings. The van der Waals surface area contributed by atoms with Crippen molar-refractivity contribution in [3.63, 3.8) is 0 Å². The minimum atomic E-state index is -6.00. The van der Waals surface area contributed by atoms with Gasteiger partial charge in [0, 0.05) is 6.07 Å². The molecule has 0 fully saturated rings. The Morgan fingerprint density at radius 1 is 1.06 bits per heavy atom. The summed E-state index contributed by atoms with van der Waals surface area (Å²) in [5, 5.41) is 8.47. The summed E-state index contributed by atoms with van der Waals surface area (Å²) in [6.07, 6.45) is 0. The average molecular weight is 250 g/mol. The molecule has 0 radical (unpaired) electrons. The van der Waals surface area contributed by atoms with Crippen LogP contribution in [0.5, 0.6) is 11.5 Å². The zero-order valence-electron chi connectivity index (χ0n) is 8.45. The molecule has 0 saturated heterocycles. The number of diazo groups is 1. The second-order valence-corrected chi connectivity index (χ2v) is 2.92. The summed E-state index contributed by atoms with van der Waals surface area (Å²) >= 11 is 0. The topological polar surface area (TPSA) is 46.6 Å². The standard InChI is InChI=1S/C8H7N2O2.BF4/c9-10-6-1-2-7-8(5-6)12-4-3-11-7;2-1(3,4)5/h1-2,5H,3-4H2;/q+1;-1. The Labute approximate surface area is 93.9 Å². The SMILES string of the molecule is F[B-](F)(F)F.N#[N+]c1ccc2c(c1)OCCO2. The molecule has 17 heavy (non-hydrogen) atoms. The minimum Gasteiger partial charge on any atom is -0.486 e. The molecule has 1 aliphatic rings. The van der Waals surface area contributed by atoms with E-state index in [9.17, 15) is 17.3 Å². The van der Waals surface area contributed by atoms with E-state index in [1.165, 1.54) is 0 Å². The van der Waals surface area contributed by atoms with Gasteiger partial charge in [-0.15, -0.1) is 0 Å². The van der Waals surface area contributed by atoms with Crippen molar-refractivity contribution in [2.45, 2.75) is 0 Å². The molecule has 1 heterocycles. The van der Waals surface area contributed by atoms with Crippen LogP contribution in [0, 0.1) is 5.39 Å². The molecule has 0 spiro atoms. The van der Waals surface area contributed by atoms with Gasteiger partial charge in [-0.2, -0.15) is 0 Å². The van der Waals surface area contributed by atoms with Gasteiger partial charge in [0.2, 0.25) is 5.39 Å². The Hall–Kier alpha value is -1.98. The molecule has 1 aromatic carbocycles. The highest BCUT2D eigenvalue weighted by molar-refractivity contribution is 6.50. The maximum atomic E-state index is 9.75. The van der Waals surface area contributed by atoms with Gasteiger partial charge in [0.1, 0.15) is 13.2 Å². The van der Waals surface area contributed by atoms with Crippen LogP contribution in [0.1, 0.15) is 0 Å². The molecule has 0 aromatic heterocycles. The lowest BCUT2D eigenvalue weighted by atomic mass is 10.3. The first kappa shape index (κ1) is 13.1. The first-order valence-corrected chi connectivity index (χ1v) is 4.52. The second-order valence-electron chi connectivity index (χ2n) is 2.92. The minimum absolute atomic E-state index is 0.472. The highest BCUT2D eigenvalue weighted by Gasteiger charge is 2.20. The van der Waals surface area contributed by atoms with Crippen molar-refractivity contribution < 1.29 is 26.7 Å². The van der Waals surface area contributed by atoms with E-state index in [4.69, 9.17) is 14.9 Å². The van der Waals surface area contributed by atoms with Gasteiger partial charge in [0.25, 0.3) is 0 Å². The molecule has 4 nitrogen and oxygen atoms in total. The number of hydrogen-bond donors (Lipinski definition) is 0. The number of nitrogens with zero attached hydrogens (tertiary/aromatic N) is 2. The van der Waals surface area contributed by atoms with Crippen LogP contribution in [0.4, 0.5) is 23.0 Å². The van der Waals surface area contributed by atoms with E-state index >= 15 is 0 Å². The van der Waals surface area contributed by atoms with E-state index in [-0.39, 0.29) is 0 Å². The molecular weight excluding hydrogens is 243 g/mol. The number of halogens is 4. The number of fused-ring (bicyclic) bond motifs is 1. The smallest absolute Gasteiger partial charge is 0.486 e.